The first-order chi connectivity index (χ1) is 12.3. The van der Waals surface area contributed by atoms with Crippen LogP contribution >= 0.6 is 0 Å². The molecule has 1 N–H and O–H groups in total. The van der Waals surface area contributed by atoms with E-state index in [2.05, 4.69) is 36.2 Å². The maximum Gasteiger partial charge on any atom is 0.309 e. The molecule has 0 spiro atoms. The average molecular weight is 362 g/mol. The van der Waals surface area contributed by atoms with Crippen LogP contribution in [0.2, 0.25) is 0 Å². The molecule has 26 heavy (non-hydrogen) atoms. The average Bonchev–Trinajstić information content (AvgIpc) is 3.07. The molecule has 146 valence electrons. The minimum absolute atomic E-state index is 0.100. The van der Waals surface area contributed by atoms with Gasteiger partial charge < -0.3 is 9.84 Å². The Labute approximate surface area is 158 Å². The van der Waals surface area contributed by atoms with Crippen LogP contribution in [0.1, 0.15) is 52.0 Å². The molecule has 0 heterocycles. The standard InChI is InChI=1S/C22H35NO3/c1-22(2,3)18(21(24)25)20(26-5)19(17-13-9-10-14-17)23(4)15-16-11-7-6-8-12-16/h6-8,11-12,17-20H,9-10,13-15H2,1-5H3,(H,24,25)/t18?,19-,20+/m0/s1. The van der Waals surface area contributed by atoms with E-state index in [1.54, 1.807) is 7.11 Å². The molecule has 1 aromatic rings. The van der Waals surface area contributed by atoms with Crippen LogP contribution in [-0.2, 0) is 16.1 Å². The van der Waals surface area contributed by atoms with Crippen LogP contribution in [0.25, 0.3) is 0 Å². The highest BCUT2D eigenvalue weighted by Gasteiger charge is 2.46. The highest BCUT2D eigenvalue weighted by atomic mass is 16.5. The van der Waals surface area contributed by atoms with E-state index in [0.717, 1.165) is 19.4 Å². The van der Waals surface area contributed by atoms with Gasteiger partial charge in [0.15, 0.2) is 0 Å². The normalized spacial score (nSPS) is 19.5. The van der Waals surface area contributed by atoms with Gasteiger partial charge in [-0.1, -0.05) is 63.9 Å². The van der Waals surface area contributed by atoms with Gasteiger partial charge in [0.05, 0.1) is 12.0 Å². The smallest absolute Gasteiger partial charge is 0.309 e. The van der Waals surface area contributed by atoms with Crippen molar-refractivity contribution in [3.8, 4) is 0 Å². The van der Waals surface area contributed by atoms with Crippen molar-refractivity contribution in [2.45, 2.75) is 65.1 Å². The molecule has 1 aliphatic carbocycles. The minimum Gasteiger partial charge on any atom is -0.481 e. The summed E-state index contributed by atoms with van der Waals surface area (Å²) < 4.78 is 5.91. The summed E-state index contributed by atoms with van der Waals surface area (Å²) in [6.45, 7) is 6.81. The number of ether oxygens (including phenoxy) is 1. The molecule has 2 rings (SSSR count). The lowest BCUT2D eigenvalue weighted by Crippen LogP contribution is -2.54. The molecule has 0 aliphatic heterocycles. The van der Waals surface area contributed by atoms with E-state index < -0.39 is 11.9 Å². The third kappa shape index (κ3) is 5.08. The Bertz CT molecular complexity index is 561. The van der Waals surface area contributed by atoms with E-state index in [9.17, 15) is 9.90 Å². The number of nitrogens with zero attached hydrogens (tertiary/aromatic N) is 1. The van der Waals surface area contributed by atoms with Gasteiger partial charge in [-0.25, -0.2) is 0 Å². The van der Waals surface area contributed by atoms with Crippen molar-refractivity contribution in [1.29, 1.82) is 0 Å². The number of methoxy groups -OCH3 is 1. The summed E-state index contributed by atoms with van der Waals surface area (Å²) >= 11 is 0. The van der Waals surface area contributed by atoms with Crippen LogP contribution in [0.15, 0.2) is 30.3 Å². The predicted octanol–water partition coefficient (Wildman–Crippen LogP) is 4.44. The molecule has 1 aliphatic rings. The fraction of sp³-hybridized carbons (Fsp3) is 0.682. The lowest BCUT2D eigenvalue weighted by atomic mass is 9.72. The molecule has 4 heteroatoms. The second-order valence-corrected chi connectivity index (χ2v) is 8.82. The highest BCUT2D eigenvalue weighted by Crippen LogP contribution is 2.39. The molecule has 0 saturated heterocycles. The van der Waals surface area contributed by atoms with Crippen LogP contribution < -0.4 is 0 Å². The zero-order valence-corrected chi connectivity index (χ0v) is 16.9. The van der Waals surface area contributed by atoms with Crippen molar-refractivity contribution in [1.82, 2.24) is 4.90 Å². The van der Waals surface area contributed by atoms with Crippen molar-refractivity contribution < 1.29 is 14.6 Å². The topological polar surface area (TPSA) is 49.8 Å². The molecule has 0 bridgehead atoms. The van der Waals surface area contributed by atoms with Crippen LogP contribution in [0.4, 0.5) is 0 Å². The summed E-state index contributed by atoms with van der Waals surface area (Å²) in [7, 11) is 3.79. The lowest BCUT2D eigenvalue weighted by Gasteiger charge is -2.43. The van der Waals surface area contributed by atoms with Gasteiger partial charge in [0, 0.05) is 19.7 Å². The Kier molecular flexibility index (Phi) is 7.24. The number of likely N-dealkylation sites (N-methyl/N-ethyl adjacent to an activating group) is 1. The number of rotatable bonds is 8. The van der Waals surface area contributed by atoms with Gasteiger partial charge in [0.25, 0.3) is 0 Å². The van der Waals surface area contributed by atoms with E-state index in [-0.39, 0.29) is 17.6 Å². The molecule has 0 aromatic heterocycles. The van der Waals surface area contributed by atoms with Crippen molar-refractivity contribution in [3.63, 3.8) is 0 Å². The van der Waals surface area contributed by atoms with Gasteiger partial charge in [-0.3, -0.25) is 9.69 Å². The number of hydrogen-bond acceptors (Lipinski definition) is 3. The molecule has 0 amide bonds. The number of carboxylic acids is 1. The summed E-state index contributed by atoms with van der Waals surface area (Å²) in [4.78, 5) is 14.5. The van der Waals surface area contributed by atoms with Gasteiger partial charge in [0.1, 0.15) is 0 Å². The van der Waals surface area contributed by atoms with Crippen molar-refractivity contribution >= 4 is 5.97 Å². The van der Waals surface area contributed by atoms with E-state index in [4.69, 9.17) is 4.74 Å². The predicted molar refractivity (Wildman–Crippen MR) is 105 cm³/mol. The maximum absolute atomic E-state index is 12.1. The van der Waals surface area contributed by atoms with Gasteiger partial charge in [0.2, 0.25) is 0 Å². The summed E-state index contributed by atoms with van der Waals surface area (Å²) in [5.74, 6) is -0.824. The number of aliphatic carboxylic acids is 1. The van der Waals surface area contributed by atoms with Crippen molar-refractivity contribution in [3.05, 3.63) is 35.9 Å². The quantitative estimate of drug-likeness (QED) is 0.744. The number of carboxylic acid groups (broad SMARTS) is 1. The van der Waals surface area contributed by atoms with Crippen LogP contribution in [0, 0.1) is 17.3 Å². The highest BCUT2D eigenvalue weighted by molar-refractivity contribution is 5.71. The third-order valence-corrected chi connectivity index (χ3v) is 5.80. The van der Waals surface area contributed by atoms with Gasteiger partial charge in [-0.2, -0.15) is 0 Å². The molecule has 0 radical (unpaired) electrons. The molecule has 4 nitrogen and oxygen atoms in total. The zero-order chi connectivity index (χ0) is 19.3. The number of hydrogen-bond donors (Lipinski definition) is 1. The molecule has 3 atom stereocenters. The summed E-state index contributed by atoms with van der Waals surface area (Å²) in [5, 5.41) is 9.98. The second-order valence-electron chi connectivity index (χ2n) is 8.82. The maximum atomic E-state index is 12.1. The zero-order valence-electron chi connectivity index (χ0n) is 16.9. The summed E-state index contributed by atoms with van der Waals surface area (Å²) in [6.07, 6.45) is 4.43. The molecule has 1 saturated carbocycles. The molecule has 1 unspecified atom stereocenters. The van der Waals surface area contributed by atoms with Crippen molar-refractivity contribution in [2.75, 3.05) is 14.2 Å². The Hall–Kier alpha value is -1.39. The minimum atomic E-state index is -0.763. The molecular weight excluding hydrogens is 326 g/mol. The van der Waals surface area contributed by atoms with Crippen molar-refractivity contribution in [2.24, 2.45) is 17.3 Å². The van der Waals surface area contributed by atoms with E-state index in [0.29, 0.717) is 5.92 Å². The first-order valence-electron chi connectivity index (χ1n) is 9.75. The number of carbonyl (C=O) groups is 1. The second kappa shape index (κ2) is 9.01. The SMILES string of the molecule is CO[C@H](C(C(=O)O)C(C)(C)C)[C@H](C1CCCC1)N(C)Cc1ccccc1. The summed E-state index contributed by atoms with van der Waals surface area (Å²) in [5.41, 5.74) is 0.882. The molecule has 1 fully saturated rings. The van der Waals surface area contributed by atoms with Gasteiger partial charge >= 0.3 is 5.97 Å². The fourth-order valence-corrected chi connectivity index (χ4v) is 4.63. The Morgan fingerprint density at radius 3 is 2.27 bits per heavy atom. The monoisotopic (exact) mass is 361 g/mol. The van der Waals surface area contributed by atoms with E-state index >= 15 is 0 Å². The van der Waals surface area contributed by atoms with Gasteiger partial charge in [-0.15, -0.1) is 0 Å². The van der Waals surface area contributed by atoms with Crippen LogP contribution in [0.5, 0.6) is 0 Å². The lowest BCUT2D eigenvalue weighted by molar-refractivity contribution is -0.157. The van der Waals surface area contributed by atoms with Crippen LogP contribution in [0.3, 0.4) is 0 Å². The largest absolute Gasteiger partial charge is 0.481 e. The number of benzene rings is 1. The summed E-state index contributed by atoms with van der Waals surface area (Å²) in [6, 6.07) is 10.5. The Morgan fingerprint density at radius 2 is 1.81 bits per heavy atom. The third-order valence-electron chi connectivity index (χ3n) is 5.80. The molecule has 1 aromatic carbocycles. The molecular formula is C22H35NO3. The van der Waals surface area contributed by atoms with E-state index in [1.807, 2.05) is 26.8 Å². The first-order valence-corrected chi connectivity index (χ1v) is 9.75. The van der Waals surface area contributed by atoms with Crippen LogP contribution in [-0.4, -0.2) is 42.3 Å². The van der Waals surface area contributed by atoms with E-state index in [1.165, 1.54) is 18.4 Å². The van der Waals surface area contributed by atoms with Gasteiger partial charge in [-0.05, 0) is 36.8 Å². The fourth-order valence-electron chi connectivity index (χ4n) is 4.63. The Balaban J connectivity index is 2.33. The Morgan fingerprint density at radius 1 is 1.23 bits per heavy atom. The first kappa shape index (κ1) is 20.9.